The second kappa shape index (κ2) is 9.82. The maximum Gasteiger partial charge on any atom is 0.416 e. The average molecular weight is 521 g/mol. The number of carbonyl (C=O) groups excluding carboxylic acids is 1. The van der Waals surface area contributed by atoms with Crippen molar-refractivity contribution in [2.45, 2.75) is 76.9 Å². The predicted molar refractivity (Wildman–Crippen MR) is 122 cm³/mol. The van der Waals surface area contributed by atoms with E-state index in [2.05, 4.69) is 24.1 Å². The summed E-state index contributed by atoms with van der Waals surface area (Å²) >= 11 is 0. The van der Waals surface area contributed by atoms with Gasteiger partial charge in [0, 0.05) is 26.2 Å². The van der Waals surface area contributed by atoms with Crippen molar-refractivity contribution >= 4 is 5.91 Å². The Morgan fingerprint density at radius 3 is 2.22 bits per heavy atom. The van der Waals surface area contributed by atoms with E-state index in [0.717, 1.165) is 38.8 Å². The van der Waals surface area contributed by atoms with Crippen LogP contribution in [0.5, 0.6) is 0 Å². The van der Waals surface area contributed by atoms with Crippen LogP contribution in [-0.4, -0.2) is 42.6 Å². The van der Waals surface area contributed by atoms with Gasteiger partial charge in [-0.05, 0) is 81.7 Å². The van der Waals surface area contributed by atoms with Crippen LogP contribution in [0.3, 0.4) is 0 Å². The SMILES string of the molecule is CC1(C)CC(CN2CCC(CC3CC3)(C(=O)NCc3cc(C(F)(F)F)cc(C(F)(F)F)c3)C2)CCO1. The van der Waals surface area contributed by atoms with Crippen molar-refractivity contribution in [3.05, 3.63) is 34.9 Å². The van der Waals surface area contributed by atoms with Crippen LogP contribution >= 0.6 is 0 Å². The molecular formula is C26H34F6N2O2. The molecule has 0 spiro atoms. The van der Waals surface area contributed by atoms with Gasteiger partial charge in [0.15, 0.2) is 0 Å². The molecular weight excluding hydrogens is 486 g/mol. The van der Waals surface area contributed by atoms with Gasteiger partial charge in [-0.15, -0.1) is 0 Å². The molecule has 3 aliphatic rings. The molecule has 1 N–H and O–H groups in total. The van der Waals surface area contributed by atoms with E-state index in [0.29, 0.717) is 50.0 Å². The normalized spacial score (nSPS) is 27.3. The fourth-order valence-electron chi connectivity index (χ4n) is 5.80. The summed E-state index contributed by atoms with van der Waals surface area (Å²) in [6.45, 7) is 6.64. The van der Waals surface area contributed by atoms with Gasteiger partial charge in [0.05, 0.1) is 22.1 Å². The molecule has 202 valence electrons. The Morgan fingerprint density at radius 1 is 1.03 bits per heavy atom. The minimum Gasteiger partial charge on any atom is -0.376 e. The van der Waals surface area contributed by atoms with Crippen LogP contribution in [-0.2, 0) is 28.4 Å². The summed E-state index contributed by atoms with van der Waals surface area (Å²) in [6.07, 6.45) is -4.52. The van der Waals surface area contributed by atoms with Gasteiger partial charge >= 0.3 is 12.4 Å². The lowest BCUT2D eigenvalue weighted by molar-refractivity contribution is -0.143. The number of rotatable bonds is 7. The van der Waals surface area contributed by atoms with Crippen molar-refractivity contribution in [3.63, 3.8) is 0 Å². The Morgan fingerprint density at radius 2 is 1.67 bits per heavy atom. The Labute approximate surface area is 207 Å². The van der Waals surface area contributed by atoms with Gasteiger partial charge in [0.25, 0.3) is 0 Å². The van der Waals surface area contributed by atoms with E-state index < -0.39 is 28.9 Å². The minimum absolute atomic E-state index is 0.104. The topological polar surface area (TPSA) is 41.6 Å². The smallest absolute Gasteiger partial charge is 0.376 e. The van der Waals surface area contributed by atoms with E-state index >= 15 is 0 Å². The summed E-state index contributed by atoms with van der Waals surface area (Å²) in [5, 5.41) is 2.69. The Balaban J connectivity index is 1.45. The minimum atomic E-state index is -4.92. The summed E-state index contributed by atoms with van der Waals surface area (Å²) in [7, 11) is 0. The van der Waals surface area contributed by atoms with E-state index in [4.69, 9.17) is 4.74 Å². The number of amides is 1. The van der Waals surface area contributed by atoms with Crippen molar-refractivity contribution < 1.29 is 35.9 Å². The van der Waals surface area contributed by atoms with Crippen molar-refractivity contribution in [2.24, 2.45) is 17.3 Å². The fraction of sp³-hybridized carbons (Fsp3) is 0.731. The lowest BCUT2D eigenvalue weighted by Gasteiger charge is -2.37. The summed E-state index contributed by atoms with van der Waals surface area (Å²) in [6, 6.07) is 1.46. The number of alkyl halides is 6. The second-order valence-electron chi connectivity index (χ2n) is 11.5. The standard InChI is InChI=1S/C26H34F6N2O2/c1-23(2)12-18(5-8-36-23)15-34-7-6-24(16-34,13-17-3-4-17)22(35)33-14-19-9-20(25(27,28)29)11-21(10-19)26(30,31)32/h9-11,17-18H,3-8,12-16H2,1-2H3,(H,33,35). The van der Waals surface area contributed by atoms with Crippen LogP contribution in [0.4, 0.5) is 26.3 Å². The molecule has 1 aromatic carbocycles. The number of hydrogen-bond donors (Lipinski definition) is 1. The van der Waals surface area contributed by atoms with Gasteiger partial charge in [0.2, 0.25) is 5.91 Å². The molecule has 3 fully saturated rings. The molecule has 2 unspecified atom stereocenters. The van der Waals surface area contributed by atoms with Gasteiger partial charge < -0.3 is 15.0 Å². The molecule has 2 aliphatic heterocycles. The number of carbonyl (C=O) groups is 1. The number of halogens is 6. The first-order valence-corrected chi connectivity index (χ1v) is 12.6. The molecule has 4 rings (SSSR count). The Bertz CT molecular complexity index is 924. The highest BCUT2D eigenvalue weighted by molar-refractivity contribution is 5.83. The largest absolute Gasteiger partial charge is 0.416 e. The highest BCUT2D eigenvalue weighted by atomic mass is 19.4. The van der Waals surface area contributed by atoms with Crippen molar-refractivity contribution in [1.82, 2.24) is 10.2 Å². The lowest BCUT2D eigenvalue weighted by Crippen LogP contribution is -2.44. The van der Waals surface area contributed by atoms with Gasteiger partial charge in [-0.25, -0.2) is 0 Å². The zero-order chi connectivity index (χ0) is 26.4. The molecule has 10 heteroatoms. The molecule has 2 atom stereocenters. The van der Waals surface area contributed by atoms with Gasteiger partial charge in [0.1, 0.15) is 0 Å². The van der Waals surface area contributed by atoms with Crippen LogP contribution in [0.2, 0.25) is 0 Å². The number of ether oxygens (including phenoxy) is 1. The molecule has 36 heavy (non-hydrogen) atoms. The predicted octanol–water partition coefficient (Wildman–Crippen LogP) is 6.04. The number of likely N-dealkylation sites (tertiary alicyclic amines) is 1. The molecule has 1 aromatic rings. The van der Waals surface area contributed by atoms with Crippen LogP contribution in [0.25, 0.3) is 0 Å². The van der Waals surface area contributed by atoms with Crippen LogP contribution in [0.15, 0.2) is 18.2 Å². The summed E-state index contributed by atoms with van der Waals surface area (Å²) in [5.74, 6) is 0.623. The van der Waals surface area contributed by atoms with Gasteiger partial charge in [-0.3, -0.25) is 4.79 Å². The quantitative estimate of drug-likeness (QED) is 0.446. The molecule has 0 aromatic heterocycles. The van der Waals surface area contributed by atoms with Crippen LogP contribution in [0, 0.1) is 17.3 Å². The third kappa shape index (κ3) is 6.73. The summed E-state index contributed by atoms with van der Waals surface area (Å²) in [4.78, 5) is 15.7. The monoisotopic (exact) mass is 520 g/mol. The first kappa shape index (κ1) is 27.2. The van der Waals surface area contributed by atoms with Crippen molar-refractivity contribution in [1.29, 1.82) is 0 Å². The number of nitrogens with one attached hydrogen (secondary N) is 1. The maximum atomic E-state index is 13.4. The molecule has 2 saturated heterocycles. The summed E-state index contributed by atoms with van der Waals surface area (Å²) < 4.78 is 85.1. The number of nitrogens with zero attached hydrogens (tertiary/aromatic N) is 1. The molecule has 2 heterocycles. The van der Waals surface area contributed by atoms with E-state index in [1.807, 2.05) is 0 Å². The van der Waals surface area contributed by atoms with E-state index in [1.54, 1.807) is 0 Å². The molecule has 1 saturated carbocycles. The summed E-state index contributed by atoms with van der Waals surface area (Å²) in [5.41, 5.74) is -3.81. The van der Waals surface area contributed by atoms with Crippen LogP contribution < -0.4 is 5.32 Å². The Hall–Kier alpha value is -1.81. The second-order valence-corrected chi connectivity index (χ2v) is 11.5. The number of benzene rings is 1. The third-order valence-corrected chi connectivity index (χ3v) is 7.71. The Kier molecular flexibility index (Phi) is 7.43. The van der Waals surface area contributed by atoms with Crippen molar-refractivity contribution in [3.8, 4) is 0 Å². The first-order valence-electron chi connectivity index (χ1n) is 12.6. The third-order valence-electron chi connectivity index (χ3n) is 7.71. The van der Waals surface area contributed by atoms with Gasteiger partial charge in [-0.2, -0.15) is 26.3 Å². The molecule has 4 nitrogen and oxygen atoms in total. The highest BCUT2D eigenvalue weighted by Crippen LogP contribution is 2.46. The number of hydrogen-bond acceptors (Lipinski definition) is 3. The molecule has 1 aliphatic carbocycles. The lowest BCUT2D eigenvalue weighted by atomic mass is 9.80. The highest BCUT2D eigenvalue weighted by Gasteiger charge is 2.48. The zero-order valence-corrected chi connectivity index (χ0v) is 20.7. The van der Waals surface area contributed by atoms with Gasteiger partial charge in [-0.1, -0.05) is 12.8 Å². The average Bonchev–Trinajstić information content (AvgIpc) is 3.48. The molecule has 0 bridgehead atoms. The van der Waals surface area contributed by atoms with E-state index in [1.165, 1.54) is 0 Å². The molecule has 0 radical (unpaired) electrons. The van der Waals surface area contributed by atoms with E-state index in [9.17, 15) is 31.1 Å². The van der Waals surface area contributed by atoms with Crippen LogP contribution in [0.1, 0.15) is 69.1 Å². The molecule has 1 amide bonds. The fourth-order valence-corrected chi connectivity index (χ4v) is 5.80. The maximum absolute atomic E-state index is 13.4. The first-order chi connectivity index (χ1) is 16.7. The zero-order valence-electron chi connectivity index (χ0n) is 20.7. The van der Waals surface area contributed by atoms with Crippen molar-refractivity contribution in [2.75, 3.05) is 26.2 Å². The van der Waals surface area contributed by atoms with E-state index in [-0.39, 0.29) is 29.7 Å².